The van der Waals surface area contributed by atoms with Crippen LogP contribution >= 0.6 is 0 Å². The van der Waals surface area contributed by atoms with Crippen molar-refractivity contribution in [2.75, 3.05) is 6.61 Å². The van der Waals surface area contributed by atoms with Crippen molar-refractivity contribution >= 4 is 26.0 Å². The molecule has 0 amide bonds. The van der Waals surface area contributed by atoms with Crippen molar-refractivity contribution in [2.24, 2.45) is 5.14 Å². The average molecular weight is 376 g/mol. The summed E-state index contributed by atoms with van der Waals surface area (Å²) < 4.78 is 55.1. The number of nitrogens with one attached hydrogen (secondary N) is 1. The van der Waals surface area contributed by atoms with Gasteiger partial charge in [-0.3, -0.25) is 4.79 Å². The van der Waals surface area contributed by atoms with Crippen LogP contribution in [0.25, 0.3) is 0 Å². The zero-order valence-corrected chi connectivity index (χ0v) is 14.8. The maximum Gasteiger partial charge on any atom is 0.327 e. The maximum atomic E-state index is 12.6. The Hall–Kier alpha value is -1.49. The minimum Gasteiger partial charge on any atom is -0.465 e. The van der Waals surface area contributed by atoms with Crippen LogP contribution in [-0.4, -0.2) is 35.0 Å². The van der Waals surface area contributed by atoms with Crippen LogP contribution in [0.3, 0.4) is 0 Å². The summed E-state index contributed by atoms with van der Waals surface area (Å²) in [6.07, 6.45) is 2.15. The van der Waals surface area contributed by atoms with Crippen LogP contribution in [0, 0.1) is 0 Å². The van der Waals surface area contributed by atoms with Gasteiger partial charge < -0.3 is 4.74 Å². The second-order valence-corrected chi connectivity index (χ2v) is 8.88. The largest absolute Gasteiger partial charge is 0.465 e. The fraction of sp³-hybridized carbons (Fsp3) is 0.500. The number of rotatable bonds is 6. The fourth-order valence-electron chi connectivity index (χ4n) is 2.72. The van der Waals surface area contributed by atoms with Gasteiger partial charge in [0.05, 0.1) is 16.4 Å². The molecule has 1 aliphatic rings. The van der Waals surface area contributed by atoms with Crippen LogP contribution in [-0.2, 0) is 29.6 Å². The first-order valence-electron chi connectivity index (χ1n) is 7.45. The highest BCUT2D eigenvalue weighted by Gasteiger charge is 2.45. The Balaban J connectivity index is 2.31. The van der Waals surface area contributed by atoms with Gasteiger partial charge in [-0.1, -0.05) is 12.8 Å². The van der Waals surface area contributed by atoms with Gasteiger partial charge in [-0.25, -0.2) is 22.0 Å². The first kappa shape index (κ1) is 18.8. The van der Waals surface area contributed by atoms with Crippen molar-refractivity contribution in [1.29, 1.82) is 0 Å². The summed E-state index contributed by atoms with van der Waals surface area (Å²) in [6, 6.07) is 4.48. The second kappa shape index (κ2) is 6.79. The summed E-state index contributed by atoms with van der Waals surface area (Å²) in [5.74, 6) is -0.591. The lowest BCUT2D eigenvalue weighted by Gasteiger charge is -2.27. The molecule has 1 fully saturated rings. The second-order valence-electron chi connectivity index (χ2n) is 5.63. The van der Waals surface area contributed by atoms with Crippen molar-refractivity contribution < 1.29 is 26.4 Å². The van der Waals surface area contributed by atoms with Crippen molar-refractivity contribution in [1.82, 2.24) is 4.72 Å². The number of carbonyl (C=O) groups excluding carboxylic acids is 1. The van der Waals surface area contributed by atoms with E-state index in [0.717, 1.165) is 24.3 Å². The third-order valence-electron chi connectivity index (χ3n) is 3.92. The monoisotopic (exact) mass is 376 g/mol. The summed E-state index contributed by atoms with van der Waals surface area (Å²) in [5, 5.41) is 4.99. The molecule has 0 unspecified atom stereocenters. The topological polar surface area (TPSA) is 133 Å². The van der Waals surface area contributed by atoms with Crippen LogP contribution in [0.5, 0.6) is 0 Å². The van der Waals surface area contributed by atoms with Crippen LogP contribution in [0.15, 0.2) is 34.1 Å². The van der Waals surface area contributed by atoms with E-state index in [1.165, 1.54) is 0 Å². The van der Waals surface area contributed by atoms with Crippen molar-refractivity contribution in [3.63, 3.8) is 0 Å². The molecule has 0 saturated heterocycles. The smallest absolute Gasteiger partial charge is 0.327 e. The van der Waals surface area contributed by atoms with Gasteiger partial charge in [0.15, 0.2) is 0 Å². The lowest BCUT2D eigenvalue weighted by molar-refractivity contribution is -0.150. The Kier molecular flexibility index (Phi) is 5.33. The van der Waals surface area contributed by atoms with E-state index < -0.39 is 31.6 Å². The normalized spacial score (nSPS) is 17.6. The Bertz CT molecular complexity index is 809. The number of primary sulfonamides is 1. The third-order valence-corrected chi connectivity index (χ3v) is 6.40. The molecule has 1 aliphatic carbocycles. The first-order chi connectivity index (χ1) is 11.1. The van der Waals surface area contributed by atoms with Crippen molar-refractivity contribution in [3.8, 4) is 0 Å². The molecule has 0 bridgehead atoms. The van der Waals surface area contributed by atoms with Gasteiger partial charge in [0.25, 0.3) is 0 Å². The lowest BCUT2D eigenvalue weighted by atomic mass is 10.00. The molecule has 0 heterocycles. The third kappa shape index (κ3) is 3.94. The molecule has 2 rings (SSSR count). The van der Waals surface area contributed by atoms with Gasteiger partial charge in [0.1, 0.15) is 5.54 Å². The number of benzene rings is 1. The molecule has 0 aliphatic heterocycles. The number of esters is 1. The summed E-state index contributed by atoms with van der Waals surface area (Å²) in [6.45, 7) is 1.81. The van der Waals surface area contributed by atoms with Crippen LogP contribution in [0.1, 0.15) is 32.6 Å². The zero-order chi connectivity index (χ0) is 18.0. The highest BCUT2D eigenvalue weighted by atomic mass is 32.2. The fourth-order valence-corrected chi connectivity index (χ4v) is 4.65. The zero-order valence-electron chi connectivity index (χ0n) is 13.2. The molecule has 10 heteroatoms. The Morgan fingerprint density at radius 1 is 1.12 bits per heavy atom. The van der Waals surface area contributed by atoms with E-state index in [2.05, 4.69) is 4.72 Å². The molecule has 0 aromatic heterocycles. The van der Waals surface area contributed by atoms with Crippen LogP contribution in [0.2, 0.25) is 0 Å². The van der Waals surface area contributed by atoms with Gasteiger partial charge in [0, 0.05) is 0 Å². The number of nitrogens with two attached hydrogens (primary N) is 1. The number of carbonyl (C=O) groups is 1. The van der Waals surface area contributed by atoms with E-state index in [-0.39, 0.29) is 16.4 Å². The molecule has 1 saturated carbocycles. The summed E-state index contributed by atoms with van der Waals surface area (Å²) in [7, 11) is -7.92. The molecule has 0 atom stereocenters. The number of hydrogen-bond donors (Lipinski definition) is 2. The van der Waals surface area contributed by atoms with E-state index in [1.54, 1.807) is 6.92 Å². The summed E-state index contributed by atoms with van der Waals surface area (Å²) in [5.41, 5.74) is -1.27. The lowest BCUT2D eigenvalue weighted by Crippen LogP contribution is -2.53. The Morgan fingerprint density at radius 3 is 2.08 bits per heavy atom. The van der Waals surface area contributed by atoms with Crippen molar-refractivity contribution in [3.05, 3.63) is 24.3 Å². The predicted molar refractivity (Wildman–Crippen MR) is 86.0 cm³/mol. The Labute approximate surface area is 141 Å². The first-order valence-corrected chi connectivity index (χ1v) is 10.5. The molecule has 8 nitrogen and oxygen atoms in total. The van der Waals surface area contributed by atoms with E-state index in [1.807, 2.05) is 0 Å². The summed E-state index contributed by atoms with van der Waals surface area (Å²) >= 11 is 0. The number of hydrogen-bond acceptors (Lipinski definition) is 6. The molecular weight excluding hydrogens is 356 g/mol. The van der Waals surface area contributed by atoms with Gasteiger partial charge in [-0.2, -0.15) is 4.72 Å². The SMILES string of the molecule is CCOC(=O)C1(NS(=O)(=O)c2ccc(S(N)(=O)=O)cc2)CCCC1. The molecule has 24 heavy (non-hydrogen) atoms. The minimum absolute atomic E-state index is 0.148. The molecule has 0 spiro atoms. The van der Waals surface area contributed by atoms with E-state index in [4.69, 9.17) is 9.88 Å². The number of ether oxygens (including phenoxy) is 1. The molecule has 3 N–H and O–H groups in total. The highest BCUT2D eigenvalue weighted by Crippen LogP contribution is 2.32. The maximum absolute atomic E-state index is 12.6. The average Bonchev–Trinajstić information content (AvgIpc) is 2.96. The van der Waals surface area contributed by atoms with Crippen LogP contribution in [0.4, 0.5) is 0 Å². The quantitative estimate of drug-likeness (QED) is 0.694. The van der Waals surface area contributed by atoms with Gasteiger partial charge >= 0.3 is 5.97 Å². The predicted octanol–water partition coefficient (Wildman–Crippen LogP) is 0.488. The summed E-state index contributed by atoms with van der Waals surface area (Å²) in [4.78, 5) is 11.9. The minimum atomic E-state index is -4.01. The highest BCUT2D eigenvalue weighted by molar-refractivity contribution is 7.89. The van der Waals surface area contributed by atoms with Crippen LogP contribution < -0.4 is 9.86 Å². The Morgan fingerprint density at radius 2 is 1.62 bits per heavy atom. The van der Waals surface area contributed by atoms with Gasteiger partial charge in [-0.15, -0.1) is 0 Å². The molecule has 134 valence electrons. The molecular formula is C14H20N2O6S2. The standard InChI is InChI=1S/C14H20N2O6S2/c1-2-22-13(17)14(9-3-4-10-14)16-24(20,21)12-7-5-11(6-8-12)23(15,18)19/h5-8,16H,2-4,9-10H2,1H3,(H2,15,18,19). The molecule has 1 aromatic rings. The number of sulfonamides is 2. The van der Waals surface area contributed by atoms with E-state index in [9.17, 15) is 21.6 Å². The molecule has 0 radical (unpaired) electrons. The molecule has 1 aromatic carbocycles. The van der Waals surface area contributed by atoms with Crippen molar-refractivity contribution in [2.45, 2.75) is 47.9 Å². The van der Waals surface area contributed by atoms with E-state index >= 15 is 0 Å². The van der Waals surface area contributed by atoms with E-state index in [0.29, 0.717) is 25.7 Å². The van der Waals surface area contributed by atoms with Gasteiger partial charge in [0.2, 0.25) is 20.0 Å². The van der Waals surface area contributed by atoms with Gasteiger partial charge in [-0.05, 0) is 44.0 Å².